The van der Waals surface area contributed by atoms with Crippen LogP contribution in [0.25, 0.3) is 10.9 Å². The molecular weight excluding hydrogens is 486 g/mol. The van der Waals surface area contributed by atoms with E-state index in [1.165, 1.54) is 12.3 Å². The predicted molar refractivity (Wildman–Crippen MR) is 132 cm³/mol. The number of hydrogen-bond acceptors (Lipinski definition) is 7. The minimum atomic E-state index is -2.51. The molecule has 36 heavy (non-hydrogen) atoms. The normalized spacial score (nSPS) is 28.2. The van der Waals surface area contributed by atoms with Crippen LogP contribution >= 0.6 is 11.6 Å². The first-order chi connectivity index (χ1) is 17.3. The molecule has 1 aliphatic rings. The summed E-state index contributed by atoms with van der Waals surface area (Å²) in [6.45, 7) is -0.790. The summed E-state index contributed by atoms with van der Waals surface area (Å²) in [5.41, 5.74) is 1.56. The fourth-order valence-corrected chi connectivity index (χ4v) is 4.76. The second kappa shape index (κ2) is 9.33. The number of nitrogens with one attached hydrogen (secondary N) is 1. The van der Waals surface area contributed by atoms with Gasteiger partial charge in [0.1, 0.15) is 18.0 Å². The molecule has 1 saturated heterocycles. The Labute approximate surface area is 211 Å². The zero-order valence-electron chi connectivity index (χ0n) is 18.9. The number of para-hydroxylation sites is 2. The van der Waals surface area contributed by atoms with E-state index in [9.17, 15) is 25.2 Å². The maximum absolute atomic E-state index is 13.3. The molecule has 0 unspecified atom stereocenters. The number of ether oxygens (including phenoxy) is 2. The van der Waals surface area contributed by atoms with Gasteiger partial charge in [-0.05, 0) is 18.2 Å². The van der Waals surface area contributed by atoms with Gasteiger partial charge in [-0.25, -0.2) is 0 Å². The van der Waals surface area contributed by atoms with E-state index in [0.717, 1.165) is 0 Å². The van der Waals surface area contributed by atoms with Crippen molar-refractivity contribution < 1.29 is 34.7 Å². The van der Waals surface area contributed by atoms with Crippen LogP contribution in [0.4, 0.5) is 0 Å². The number of ketones is 1. The van der Waals surface area contributed by atoms with Crippen LogP contribution in [0.2, 0.25) is 0 Å². The number of carbonyl (C=O) groups excluding carboxylic acids is 1. The van der Waals surface area contributed by atoms with Gasteiger partial charge in [0, 0.05) is 22.7 Å². The van der Waals surface area contributed by atoms with E-state index in [4.69, 9.17) is 21.1 Å². The standard InChI is InChI=1S/C27H24ClNO7/c28-26(34)22(15-30)36-27(25(33)24(26)32,19-14-29-20-12-6-4-10-17(19)20)35-21-13-7-5-11-18(21)23(31)16-8-2-1-3-9-16/h1-14,22,24-25,29-30,32-34H,15H2/t22-,24-,25-,26+,27-/m1/s1. The van der Waals surface area contributed by atoms with Crippen molar-refractivity contribution in [2.24, 2.45) is 0 Å². The first-order valence-electron chi connectivity index (χ1n) is 11.3. The first kappa shape index (κ1) is 24.5. The smallest absolute Gasteiger partial charge is 0.268 e. The Bertz CT molecular complexity index is 1390. The Kier molecular flexibility index (Phi) is 6.34. The van der Waals surface area contributed by atoms with Gasteiger partial charge in [-0.15, -0.1) is 0 Å². The summed E-state index contributed by atoms with van der Waals surface area (Å²) >= 11 is 6.10. The second-order valence-electron chi connectivity index (χ2n) is 8.62. The second-order valence-corrected chi connectivity index (χ2v) is 9.22. The van der Waals surface area contributed by atoms with E-state index < -0.39 is 35.8 Å². The molecule has 3 aromatic carbocycles. The number of carbonyl (C=O) groups is 1. The SMILES string of the molecule is O=C(c1ccccc1)c1ccccc1O[C@]1(c2c[nH]c3ccccc23)O[C@H](CO)[C@@](O)(Cl)[C@H](O)[C@H]1O. The minimum absolute atomic E-state index is 0.0552. The lowest BCUT2D eigenvalue weighted by Crippen LogP contribution is -2.69. The fourth-order valence-electron chi connectivity index (χ4n) is 4.52. The van der Waals surface area contributed by atoms with Crippen molar-refractivity contribution in [3.63, 3.8) is 0 Å². The molecule has 1 aromatic heterocycles. The minimum Gasteiger partial charge on any atom is -0.454 e. The van der Waals surface area contributed by atoms with Gasteiger partial charge in [0.05, 0.1) is 17.7 Å². The Morgan fingerprint density at radius 1 is 0.972 bits per heavy atom. The number of rotatable bonds is 6. The average Bonchev–Trinajstić information content (AvgIpc) is 3.34. The van der Waals surface area contributed by atoms with Crippen molar-refractivity contribution in [1.82, 2.24) is 4.98 Å². The monoisotopic (exact) mass is 509 g/mol. The van der Waals surface area contributed by atoms with Crippen LogP contribution in [0.1, 0.15) is 21.5 Å². The van der Waals surface area contributed by atoms with Crippen molar-refractivity contribution in [3.05, 3.63) is 102 Å². The lowest BCUT2D eigenvalue weighted by Gasteiger charge is -2.50. The van der Waals surface area contributed by atoms with Crippen LogP contribution in [0, 0.1) is 0 Å². The average molecular weight is 510 g/mol. The van der Waals surface area contributed by atoms with Crippen LogP contribution in [0.15, 0.2) is 85.1 Å². The van der Waals surface area contributed by atoms with E-state index >= 15 is 0 Å². The largest absolute Gasteiger partial charge is 0.454 e. The highest BCUT2D eigenvalue weighted by atomic mass is 35.5. The van der Waals surface area contributed by atoms with Crippen molar-refractivity contribution in [3.8, 4) is 5.75 Å². The van der Waals surface area contributed by atoms with E-state index in [-0.39, 0.29) is 22.7 Å². The molecule has 1 fully saturated rings. The van der Waals surface area contributed by atoms with Crippen LogP contribution in [-0.2, 0) is 10.5 Å². The maximum atomic E-state index is 13.3. The first-order valence-corrected chi connectivity index (χ1v) is 11.7. The fraction of sp³-hybridized carbons (Fsp3) is 0.222. The lowest BCUT2D eigenvalue weighted by molar-refractivity contribution is -0.354. The zero-order valence-corrected chi connectivity index (χ0v) is 19.7. The van der Waals surface area contributed by atoms with Gasteiger partial charge in [-0.3, -0.25) is 4.79 Å². The van der Waals surface area contributed by atoms with Crippen molar-refractivity contribution >= 4 is 28.3 Å². The molecule has 2 heterocycles. The quantitative estimate of drug-likeness (QED) is 0.199. The molecule has 5 rings (SSSR count). The molecule has 186 valence electrons. The van der Waals surface area contributed by atoms with Gasteiger partial charge < -0.3 is 34.9 Å². The van der Waals surface area contributed by atoms with Crippen molar-refractivity contribution in [2.75, 3.05) is 6.61 Å². The summed E-state index contributed by atoms with van der Waals surface area (Å²) in [6, 6.07) is 22.2. The molecule has 5 atom stereocenters. The topological polar surface area (TPSA) is 132 Å². The Morgan fingerprint density at radius 3 is 2.39 bits per heavy atom. The number of H-pyrrole nitrogens is 1. The van der Waals surface area contributed by atoms with Gasteiger partial charge in [-0.2, -0.15) is 0 Å². The molecule has 8 nitrogen and oxygen atoms in total. The summed E-state index contributed by atoms with van der Waals surface area (Å²) in [4.78, 5) is 16.4. The van der Waals surface area contributed by atoms with Crippen LogP contribution in [0.3, 0.4) is 0 Å². The molecule has 0 radical (unpaired) electrons. The number of aromatic nitrogens is 1. The highest BCUT2D eigenvalue weighted by Crippen LogP contribution is 2.47. The van der Waals surface area contributed by atoms with Crippen LogP contribution in [-0.4, -0.2) is 61.2 Å². The number of fused-ring (bicyclic) bond motifs is 1. The summed E-state index contributed by atoms with van der Waals surface area (Å²) in [5.74, 6) is -2.45. The highest BCUT2D eigenvalue weighted by molar-refractivity contribution is 6.23. The lowest BCUT2D eigenvalue weighted by atomic mass is 9.87. The molecule has 0 aliphatic carbocycles. The maximum Gasteiger partial charge on any atom is 0.268 e. The van der Waals surface area contributed by atoms with Crippen LogP contribution in [0.5, 0.6) is 5.75 Å². The van der Waals surface area contributed by atoms with Crippen molar-refractivity contribution in [2.45, 2.75) is 29.2 Å². The number of halogens is 1. The Balaban J connectivity index is 1.69. The molecule has 5 N–H and O–H groups in total. The predicted octanol–water partition coefficient (Wildman–Crippen LogP) is 2.67. The van der Waals surface area contributed by atoms with Gasteiger partial charge in [0.25, 0.3) is 5.79 Å². The summed E-state index contributed by atoms with van der Waals surface area (Å²) in [5, 5.41) is 40.9. The number of aromatic amines is 1. The summed E-state index contributed by atoms with van der Waals surface area (Å²) < 4.78 is 12.3. The van der Waals surface area contributed by atoms with E-state index in [2.05, 4.69) is 4.98 Å². The van der Waals surface area contributed by atoms with E-state index in [1.54, 1.807) is 66.7 Å². The summed E-state index contributed by atoms with van der Waals surface area (Å²) in [6.07, 6.45) is -3.93. The molecule has 4 aromatic rings. The molecule has 0 saturated carbocycles. The number of aliphatic hydroxyl groups excluding tert-OH is 3. The Hall–Kier alpha value is -3.24. The Morgan fingerprint density at radius 2 is 1.64 bits per heavy atom. The van der Waals surface area contributed by atoms with Gasteiger partial charge in [-0.1, -0.05) is 72.3 Å². The van der Waals surface area contributed by atoms with E-state index in [0.29, 0.717) is 16.5 Å². The molecule has 0 amide bonds. The molecule has 9 heteroatoms. The zero-order chi connectivity index (χ0) is 25.5. The van der Waals surface area contributed by atoms with Crippen LogP contribution < -0.4 is 4.74 Å². The van der Waals surface area contributed by atoms with Gasteiger partial charge >= 0.3 is 0 Å². The third kappa shape index (κ3) is 3.88. The summed E-state index contributed by atoms with van der Waals surface area (Å²) in [7, 11) is 0. The third-order valence-electron chi connectivity index (χ3n) is 6.43. The molecule has 0 spiro atoms. The number of aliphatic hydroxyl groups is 4. The number of benzene rings is 3. The van der Waals surface area contributed by atoms with E-state index in [1.807, 2.05) is 6.07 Å². The molecular formula is C27H24ClNO7. The highest BCUT2D eigenvalue weighted by Gasteiger charge is 2.63. The molecule has 0 bridgehead atoms. The van der Waals surface area contributed by atoms with Gasteiger partial charge in [0.15, 0.2) is 16.9 Å². The third-order valence-corrected chi connectivity index (χ3v) is 6.90. The molecule has 1 aliphatic heterocycles. The number of alkyl halides is 1. The van der Waals surface area contributed by atoms with Crippen molar-refractivity contribution in [1.29, 1.82) is 0 Å². The van der Waals surface area contributed by atoms with Gasteiger partial charge in [0.2, 0.25) is 0 Å². The number of hydrogen-bond donors (Lipinski definition) is 5.